The van der Waals surface area contributed by atoms with Gasteiger partial charge < -0.3 is 14.4 Å². The van der Waals surface area contributed by atoms with Crippen LogP contribution in [0, 0.1) is 0 Å². The molecular formula is C20H16F3NO4. The van der Waals surface area contributed by atoms with E-state index in [0.29, 0.717) is 24.4 Å². The summed E-state index contributed by atoms with van der Waals surface area (Å²) in [7, 11) is 0. The topological polar surface area (TPSA) is 72.6 Å². The molecule has 0 atom stereocenters. The number of halogens is 3. The van der Waals surface area contributed by atoms with Crippen molar-refractivity contribution in [2.45, 2.75) is 19.0 Å². The van der Waals surface area contributed by atoms with E-state index in [1.165, 1.54) is 36.4 Å². The van der Waals surface area contributed by atoms with Gasteiger partial charge in [0.15, 0.2) is 0 Å². The first-order valence-corrected chi connectivity index (χ1v) is 8.43. The summed E-state index contributed by atoms with van der Waals surface area (Å²) in [6, 6.07) is 12.8. The van der Waals surface area contributed by atoms with E-state index in [4.69, 9.17) is 14.4 Å². The van der Waals surface area contributed by atoms with Crippen molar-refractivity contribution in [1.82, 2.24) is 5.16 Å². The fourth-order valence-electron chi connectivity index (χ4n) is 2.67. The Kier molecular flexibility index (Phi) is 5.67. The molecule has 0 spiro atoms. The van der Waals surface area contributed by atoms with Gasteiger partial charge in [-0.1, -0.05) is 29.4 Å². The zero-order chi connectivity index (χ0) is 20.1. The number of aryl methyl sites for hydroxylation is 1. The van der Waals surface area contributed by atoms with Gasteiger partial charge in [-0.25, -0.2) is 4.79 Å². The summed E-state index contributed by atoms with van der Waals surface area (Å²) >= 11 is 0. The highest BCUT2D eigenvalue weighted by atomic mass is 19.4. The zero-order valence-electron chi connectivity index (χ0n) is 14.6. The van der Waals surface area contributed by atoms with Gasteiger partial charge in [0.1, 0.15) is 17.2 Å². The molecule has 0 saturated carbocycles. The lowest BCUT2D eigenvalue weighted by molar-refractivity contribution is -0.137. The lowest BCUT2D eigenvalue weighted by atomic mass is 10.0. The lowest BCUT2D eigenvalue weighted by Gasteiger charge is -2.10. The highest BCUT2D eigenvalue weighted by Gasteiger charge is 2.34. The second-order valence-electron chi connectivity index (χ2n) is 6.01. The molecule has 0 unspecified atom stereocenters. The van der Waals surface area contributed by atoms with Gasteiger partial charge in [0.25, 0.3) is 0 Å². The molecule has 0 aliphatic rings. The van der Waals surface area contributed by atoms with E-state index >= 15 is 0 Å². The first-order valence-electron chi connectivity index (χ1n) is 8.43. The van der Waals surface area contributed by atoms with Crippen LogP contribution in [0.15, 0.2) is 59.1 Å². The average molecular weight is 391 g/mol. The summed E-state index contributed by atoms with van der Waals surface area (Å²) in [6.45, 7) is 0.290. The highest BCUT2D eigenvalue weighted by molar-refractivity contribution is 5.88. The number of hydrogen-bond acceptors (Lipinski definition) is 4. The number of aromatic nitrogens is 1. The molecule has 0 aliphatic heterocycles. The number of carboxylic acid groups (broad SMARTS) is 1. The van der Waals surface area contributed by atoms with Crippen LogP contribution in [-0.2, 0) is 12.6 Å². The van der Waals surface area contributed by atoms with Gasteiger partial charge in [0.2, 0.25) is 0 Å². The molecule has 0 amide bonds. The van der Waals surface area contributed by atoms with Crippen LogP contribution >= 0.6 is 0 Å². The van der Waals surface area contributed by atoms with Crippen molar-refractivity contribution in [1.29, 1.82) is 0 Å². The van der Waals surface area contributed by atoms with Crippen molar-refractivity contribution in [2.75, 3.05) is 6.61 Å². The normalized spacial score (nSPS) is 11.4. The summed E-state index contributed by atoms with van der Waals surface area (Å²) in [5.74, 6) is -0.175. The van der Waals surface area contributed by atoms with Crippen LogP contribution in [0.5, 0.6) is 5.75 Å². The minimum atomic E-state index is -4.48. The summed E-state index contributed by atoms with van der Waals surface area (Å²) < 4.78 is 50.0. The molecule has 1 heterocycles. The van der Waals surface area contributed by atoms with Crippen molar-refractivity contribution in [3.63, 3.8) is 0 Å². The van der Waals surface area contributed by atoms with Crippen molar-refractivity contribution >= 4 is 5.97 Å². The molecule has 8 heteroatoms. The van der Waals surface area contributed by atoms with Crippen molar-refractivity contribution < 1.29 is 32.3 Å². The first kappa shape index (κ1) is 19.5. The Bertz CT molecular complexity index is 966. The van der Waals surface area contributed by atoms with Crippen molar-refractivity contribution in [3.8, 4) is 17.0 Å². The van der Waals surface area contributed by atoms with Crippen molar-refractivity contribution in [3.05, 3.63) is 71.5 Å². The SMILES string of the molecule is O=C(O)c1cccc(OCCCc2cc(-c3ccccc3C(F)(F)F)no2)c1. The predicted octanol–water partition coefficient (Wildman–Crippen LogP) is 5.07. The fraction of sp³-hybridized carbons (Fsp3) is 0.200. The minimum Gasteiger partial charge on any atom is -0.494 e. The maximum absolute atomic E-state index is 13.1. The van der Waals surface area contributed by atoms with Crippen LogP contribution in [0.25, 0.3) is 11.3 Å². The van der Waals surface area contributed by atoms with Crippen LogP contribution in [0.3, 0.4) is 0 Å². The molecule has 28 heavy (non-hydrogen) atoms. The number of ether oxygens (including phenoxy) is 1. The zero-order valence-corrected chi connectivity index (χ0v) is 14.6. The third-order valence-electron chi connectivity index (χ3n) is 3.98. The predicted molar refractivity (Wildman–Crippen MR) is 94.2 cm³/mol. The molecule has 0 saturated heterocycles. The Balaban J connectivity index is 1.59. The Morgan fingerprint density at radius 3 is 2.64 bits per heavy atom. The van der Waals surface area contributed by atoms with E-state index in [0.717, 1.165) is 6.07 Å². The Labute approximate surface area is 158 Å². The number of hydrogen-bond donors (Lipinski definition) is 1. The van der Waals surface area contributed by atoms with E-state index in [9.17, 15) is 18.0 Å². The Morgan fingerprint density at radius 1 is 1.11 bits per heavy atom. The number of alkyl halides is 3. The molecule has 0 fully saturated rings. The van der Waals surface area contributed by atoms with Gasteiger partial charge in [0.05, 0.1) is 17.7 Å². The first-order chi connectivity index (χ1) is 13.3. The van der Waals surface area contributed by atoms with Crippen LogP contribution in [0.1, 0.15) is 28.1 Å². The average Bonchev–Trinajstić information content (AvgIpc) is 3.14. The van der Waals surface area contributed by atoms with E-state index in [2.05, 4.69) is 5.16 Å². The van der Waals surface area contributed by atoms with Gasteiger partial charge in [-0.15, -0.1) is 0 Å². The molecule has 0 bridgehead atoms. The number of aromatic carboxylic acids is 1. The van der Waals surface area contributed by atoms with E-state index in [-0.39, 0.29) is 23.4 Å². The fourth-order valence-corrected chi connectivity index (χ4v) is 2.67. The maximum Gasteiger partial charge on any atom is 0.417 e. The van der Waals surface area contributed by atoms with E-state index in [1.807, 2.05) is 0 Å². The van der Waals surface area contributed by atoms with Crippen LogP contribution in [0.4, 0.5) is 13.2 Å². The van der Waals surface area contributed by atoms with Gasteiger partial charge in [-0.3, -0.25) is 0 Å². The third-order valence-corrected chi connectivity index (χ3v) is 3.98. The van der Waals surface area contributed by atoms with Gasteiger partial charge in [-0.2, -0.15) is 13.2 Å². The number of carboxylic acids is 1. The maximum atomic E-state index is 13.1. The highest BCUT2D eigenvalue weighted by Crippen LogP contribution is 2.36. The molecule has 2 aromatic carbocycles. The molecule has 0 radical (unpaired) electrons. The molecule has 146 valence electrons. The molecule has 1 N–H and O–H groups in total. The number of carbonyl (C=O) groups is 1. The van der Waals surface area contributed by atoms with Gasteiger partial charge in [0, 0.05) is 18.1 Å². The molecule has 0 aliphatic carbocycles. The Hall–Kier alpha value is -3.29. The van der Waals surface area contributed by atoms with Crippen molar-refractivity contribution in [2.24, 2.45) is 0 Å². The summed E-state index contributed by atoms with van der Waals surface area (Å²) in [5, 5.41) is 12.7. The van der Waals surface area contributed by atoms with Gasteiger partial charge in [-0.05, 0) is 30.7 Å². The number of rotatable bonds is 7. The largest absolute Gasteiger partial charge is 0.494 e. The standard InChI is InChI=1S/C20H16F3NO4/c21-20(22,23)17-9-2-1-8-16(17)18-12-15(28-24-18)7-4-10-27-14-6-3-5-13(11-14)19(25)26/h1-3,5-6,8-9,11-12H,4,7,10H2,(H,25,26). The molecule has 3 aromatic rings. The van der Waals surface area contributed by atoms with Crippen LogP contribution < -0.4 is 4.74 Å². The molecule has 1 aromatic heterocycles. The van der Waals surface area contributed by atoms with Gasteiger partial charge >= 0.3 is 12.1 Å². The second-order valence-corrected chi connectivity index (χ2v) is 6.01. The van der Waals surface area contributed by atoms with E-state index in [1.54, 1.807) is 12.1 Å². The number of nitrogens with zero attached hydrogens (tertiary/aromatic N) is 1. The Morgan fingerprint density at radius 2 is 1.89 bits per heavy atom. The smallest absolute Gasteiger partial charge is 0.417 e. The minimum absolute atomic E-state index is 0.0354. The van der Waals surface area contributed by atoms with E-state index < -0.39 is 17.7 Å². The number of benzene rings is 2. The summed E-state index contributed by atoms with van der Waals surface area (Å²) in [5.41, 5.74) is -0.554. The van der Waals surface area contributed by atoms with Crippen LogP contribution in [-0.4, -0.2) is 22.8 Å². The summed E-state index contributed by atoms with van der Waals surface area (Å²) in [6.07, 6.45) is -3.54. The monoisotopic (exact) mass is 391 g/mol. The molecular weight excluding hydrogens is 375 g/mol. The van der Waals surface area contributed by atoms with Crippen LogP contribution in [0.2, 0.25) is 0 Å². The summed E-state index contributed by atoms with van der Waals surface area (Å²) in [4.78, 5) is 10.9. The molecule has 5 nitrogen and oxygen atoms in total. The second kappa shape index (κ2) is 8.16. The molecule has 3 rings (SSSR count). The quantitative estimate of drug-likeness (QED) is 0.569. The third kappa shape index (κ3) is 4.70. The lowest BCUT2D eigenvalue weighted by Crippen LogP contribution is -2.06.